The molecular formula is C22H14ClN5. The van der Waals surface area contributed by atoms with Crippen LogP contribution in [0.25, 0.3) is 39.6 Å². The molecule has 1 aliphatic rings. The molecule has 0 amide bonds. The minimum atomic E-state index is 0.683. The average molecular weight is 384 g/mol. The van der Waals surface area contributed by atoms with E-state index >= 15 is 0 Å². The van der Waals surface area contributed by atoms with Gasteiger partial charge in [-0.05, 0) is 42.0 Å². The molecule has 0 unspecified atom stereocenters. The van der Waals surface area contributed by atoms with Crippen LogP contribution < -0.4 is 0 Å². The Morgan fingerprint density at radius 2 is 1.75 bits per heavy atom. The van der Waals surface area contributed by atoms with E-state index in [1.54, 1.807) is 0 Å². The summed E-state index contributed by atoms with van der Waals surface area (Å²) in [4.78, 5) is 4.83. The Kier molecular flexibility index (Phi) is 3.22. The van der Waals surface area contributed by atoms with Gasteiger partial charge in [-0.3, -0.25) is 4.57 Å². The van der Waals surface area contributed by atoms with E-state index in [0.29, 0.717) is 10.8 Å². The normalized spacial score (nSPS) is 12.3. The summed E-state index contributed by atoms with van der Waals surface area (Å²) in [5, 5.41) is 10.8. The van der Waals surface area contributed by atoms with Gasteiger partial charge >= 0.3 is 0 Å². The summed E-state index contributed by atoms with van der Waals surface area (Å²) in [5.74, 6) is 1.50. The Balaban J connectivity index is 1.67. The average Bonchev–Trinajstić information content (AvgIpc) is 3.33. The number of halogens is 1. The molecule has 5 aromatic rings. The van der Waals surface area contributed by atoms with Crippen LogP contribution in [0.15, 0.2) is 72.9 Å². The van der Waals surface area contributed by atoms with Crippen LogP contribution in [0.5, 0.6) is 0 Å². The molecular weight excluding hydrogens is 370 g/mol. The number of rotatable bonds is 1. The number of benzene rings is 2. The van der Waals surface area contributed by atoms with Gasteiger partial charge in [-0.2, -0.15) is 0 Å². The zero-order valence-corrected chi connectivity index (χ0v) is 15.5. The minimum absolute atomic E-state index is 0.683. The van der Waals surface area contributed by atoms with Crippen LogP contribution in [-0.4, -0.2) is 24.3 Å². The Bertz CT molecular complexity index is 1360. The van der Waals surface area contributed by atoms with Crippen LogP contribution >= 0.6 is 11.6 Å². The second kappa shape index (κ2) is 5.78. The van der Waals surface area contributed by atoms with Crippen molar-refractivity contribution in [2.45, 2.75) is 6.54 Å². The summed E-state index contributed by atoms with van der Waals surface area (Å²) in [6.07, 6.45) is 2.06. The smallest absolute Gasteiger partial charge is 0.187 e. The molecule has 28 heavy (non-hydrogen) atoms. The maximum atomic E-state index is 6.35. The van der Waals surface area contributed by atoms with E-state index in [-0.39, 0.29) is 0 Å². The molecule has 2 aromatic carbocycles. The molecule has 134 valence electrons. The number of hydrogen-bond acceptors (Lipinski definition) is 3. The molecule has 0 bridgehead atoms. The summed E-state index contributed by atoms with van der Waals surface area (Å²) < 4.78 is 4.25. The number of hydrogen-bond donors (Lipinski definition) is 0. The third kappa shape index (κ3) is 2.23. The van der Waals surface area contributed by atoms with Crippen LogP contribution in [0.3, 0.4) is 0 Å². The van der Waals surface area contributed by atoms with E-state index in [9.17, 15) is 0 Å². The molecule has 0 radical (unpaired) electrons. The van der Waals surface area contributed by atoms with Crippen molar-refractivity contribution in [2.24, 2.45) is 0 Å². The zero-order chi connectivity index (χ0) is 18.7. The van der Waals surface area contributed by atoms with Gasteiger partial charge in [0.25, 0.3) is 0 Å². The van der Waals surface area contributed by atoms with Crippen LogP contribution in [0.1, 0.15) is 5.56 Å². The molecule has 4 heterocycles. The topological polar surface area (TPSA) is 48.5 Å². The molecule has 3 aromatic heterocycles. The van der Waals surface area contributed by atoms with Crippen molar-refractivity contribution in [1.82, 2.24) is 24.3 Å². The lowest BCUT2D eigenvalue weighted by Gasteiger charge is -2.12. The fraction of sp³-hybridized carbons (Fsp3) is 0.0455. The van der Waals surface area contributed by atoms with Gasteiger partial charge < -0.3 is 4.57 Å². The van der Waals surface area contributed by atoms with Gasteiger partial charge in [0.15, 0.2) is 11.6 Å². The van der Waals surface area contributed by atoms with Gasteiger partial charge in [0.1, 0.15) is 5.69 Å². The van der Waals surface area contributed by atoms with Crippen molar-refractivity contribution in [3.8, 4) is 28.7 Å². The molecule has 1 aliphatic heterocycles. The molecule has 0 aliphatic carbocycles. The van der Waals surface area contributed by atoms with E-state index in [1.807, 2.05) is 42.5 Å². The van der Waals surface area contributed by atoms with Crippen LogP contribution in [0, 0.1) is 0 Å². The second-order valence-electron chi connectivity index (χ2n) is 6.87. The summed E-state index contributed by atoms with van der Waals surface area (Å²) in [5.41, 5.74) is 4.87. The number of nitrogens with zero attached hydrogens (tertiary/aromatic N) is 5. The molecule has 6 rings (SSSR count). The molecule has 6 heteroatoms. The summed E-state index contributed by atoms with van der Waals surface area (Å²) >= 11 is 6.35. The highest BCUT2D eigenvalue weighted by molar-refractivity contribution is 6.30. The lowest BCUT2D eigenvalue weighted by molar-refractivity contribution is 0.816. The Labute approximate surface area is 165 Å². The summed E-state index contributed by atoms with van der Waals surface area (Å²) in [6.45, 7) is 0.753. The highest BCUT2D eigenvalue weighted by atomic mass is 35.5. The monoisotopic (exact) mass is 383 g/mol. The van der Waals surface area contributed by atoms with Crippen LogP contribution in [0.4, 0.5) is 0 Å². The molecule has 0 saturated heterocycles. The molecule has 0 saturated carbocycles. The van der Waals surface area contributed by atoms with Crippen molar-refractivity contribution in [3.05, 3.63) is 83.5 Å². The van der Waals surface area contributed by atoms with Crippen LogP contribution in [-0.2, 0) is 6.54 Å². The maximum absolute atomic E-state index is 6.35. The number of aromatic nitrogens is 5. The minimum Gasteiger partial charge on any atom is -0.340 e. The highest BCUT2D eigenvalue weighted by Gasteiger charge is 2.25. The number of fused-ring (bicyclic) bond motifs is 6. The lowest BCUT2D eigenvalue weighted by Crippen LogP contribution is -2.03. The number of pyridine rings is 1. The molecule has 0 fully saturated rings. The first-order chi connectivity index (χ1) is 13.8. The largest absolute Gasteiger partial charge is 0.340 e. The van der Waals surface area contributed by atoms with E-state index < -0.39 is 0 Å². The van der Waals surface area contributed by atoms with Crippen molar-refractivity contribution >= 4 is 22.5 Å². The summed E-state index contributed by atoms with van der Waals surface area (Å²) in [7, 11) is 0. The van der Waals surface area contributed by atoms with Crippen molar-refractivity contribution in [1.29, 1.82) is 0 Å². The van der Waals surface area contributed by atoms with E-state index in [2.05, 4.69) is 49.8 Å². The van der Waals surface area contributed by atoms with Crippen molar-refractivity contribution in [3.63, 3.8) is 0 Å². The Morgan fingerprint density at radius 1 is 0.857 bits per heavy atom. The van der Waals surface area contributed by atoms with Gasteiger partial charge in [0.2, 0.25) is 0 Å². The van der Waals surface area contributed by atoms with Crippen molar-refractivity contribution in [2.75, 3.05) is 0 Å². The fourth-order valence-corrected chi connectivity index (χ4v) is 4.02. The first-order valence-corrected chi connectivity index (χ1v) is 9.42. The molecule has 0 spiro atoms. The first kappa shape index (κ1) is 15.6. The van der Waals surface area contributed by atoms with E-state index in [0.717, 1.165) is 45.9 Å². The van der Waals surface area contributed by atoms with E-state index in [1.165, 1.54) is 0 Å². The van der Waals surface area contributed by atoms with Gasteiger partial charge in [-0.25, -0.2) is 4.98 Å². The van der Waals surface area contributed by atoms with Gasteiger partial charge in [0, 0.05) is 23.2 Å². The summed E-state index contributed by atoms with van der Waals surface area (Å²) in [6, 6.07) is 22.2. The third-order valence-electron chi connectivity index (χ3n) is 5.18. The SMILES string of the molecule is Clc1ccc2c(c1)-n1c(-c3ccc4ccccc4n3)nnc1-c1cccn1C2. The third-order valence-corrected chi connectivity index (χ3v) is 5.41. The Hall–Kier alpha value is -3.44. The maximum Gasteiger partial charge on any atom is 0.187 e. The quantitative estimate of drug-likeness (QED) is 0.403. The highest BCUT2D eigenvalue weighted by Crippen LogP contribution is 2.34. The van der Waals surface area contributed by atoms with Crippen LogP contribution in [0.2, 0.25) is 5.02 Å². The van der Waals surface area contributed by atoms with Gasteiger partial charge in [0.05, 0.1) is 16.9 Å². The molecule has 0 N–H and O–H groups in total. The first-order valence-electron chi connectivity index (χ1n) is 9.04. The van der Waals surface area contributed by atoms with E-state index in [4.69, 9.17) is 16.6 Å². The molecule has 5 nitrogen and oxygen atoms in total. The van der Waals surface area contributed by atoms with Crippen molar-refractivity contribution < 1.29 is 0 Å². The Morgan fingerprint density at radius 3 is 2.71 bits per heavy atom. The second-order valence-corrected chi connectivity index (χ2v) is 7.30. The fourth-order valence-electron chi connectivity index (χ4n) is 3.85. The number of para-hydroxylation sites is 1. The van der Waals surface area contributed by atoms with Gasteiger partial charge in [-0.1, -0.05) is 41.9 Å². The molecule has 0 atom stereocenters. The predicted octanol–water partition coefficient (Wildman–Crippen LogP) is 4.97. The standard InChI is InChI=1S/C22H14ClN5/c23-16-9-7-15-13-27-11-3-6-19(27)22-26-25-21(28(22)20(15)12-16)18-10-8-14-4-1-2-5-17(14)24-18/h1-12H,13H2. The predicted molar refractivity (Wildman–Crippen MR) is 110 cm³/mol. The zero-order valence-electron chi connectivity index (χ0n) is 14.7. The van der Waals surface area contributed by atoms with Gasteiger partial charge in [-0.15, -0.1) is 10.2 Å². The lowest BCUT2D eigenvalue weighted by atomic mass is 10.1.